The minimum absolute atomic E-state index is 0.103. The molecule has 1 N–H and O–H groups in total. The van der Waals surface area contributed by atoms with Crippen molar-refractivity contribution in [1.29, 1.82) is 0 Å². The highest BCUT2D eigenvalue weighted by Crippen LogP contribution is 2.38. The van der Waals surface area contributed by atoms with Gasteiger partial charge in [-0.3, -0.25) is 20.2 Å². The molecule has 0 spiro atoms. The number of aromatic hydroxyl groups is 1. The first-order chi connectivity index (χ1) is 10.6. The minimum atomic E-state index is -0.672. The highest BCUT2D eigenvalue weighted by molar-refractivity contribution is 5.76. The molecule has 0 radical (unpaired) electrons. The Kier molecular flexibility index (Phi) is 4.05. The number of phenols is 1. The molecule has 23 heavy (non-hydrogen) atoms. The molecule has 2 aromatic rings. The molecule has 7 heteroatoms. The van der Waals surface area contributed by atoms with Crippen LogP contribution in [0.15, 0.2) is 36.4 Å². The molecule has 0 saturated carbocycles. The summed E-state index contributed by atoms with van der Waals surface area (Å²) in [5.41, 5.74) is 0.401. The standard InChI is InChI=1S/C16H16N2O5/c1-16(2,3)13-8-10(4-7-15(13)19)12-6-5-11(17(20)21)9-14(12)18(22)23/h4-9,19H,1-3H3. The van der Waals surface area contributed by atoms with Crippen LogP contribution >= 0.6 is 0 Å². The Labute approximate surface area is 132 Å². The van der Waals surface area contributed by atoms with Gasteiger partial charge in [0.15, 0.2) is 0 Å². The average molecular weight is 316 g/mol. The number of phenolic OH excluding ortho intramolecular Hbond substituents is 1. The third kappa shape index (κ3) is 3.28. The van der Waals surface area contributed by atoms with Crippen molar-refractivity contribution in [3.63, 3.8) is 0 Å². The van der Waals surface area contributed by atoms with Gasteiger partial charge in [0, 0.05) is 6.07 Å². The summed E-state index contributed by atoms with van der Waals surface area (Å²) in [6.45, 7) is 5.74. The van der Waals surface area contributed by atoms with Gasteiger partial charge in [0.2, 0.25) is 0 Å². The quantitative estimate of drug-likeness (QED) is 0.675. The normalized spacial score (nSPS) is 11.3. The highest BCUT2D eigenvalue weighted by atomic mass is 16.6. The van der Waals surface area contributed by atoms with E-state index in [4.69, 9.17) is 0 Å². The fourth-order valence-corrected chi connectivity index (χ4v) is 2.33. The minimum Gasteiger partial charge on any atom is -0.508 e. The first kappa shape index (κ1) is 16.4. The molecule has 0 heterocycles. The summed E-state index contributed by atoms with van der Waals surface area (Å²) < 4.78 is 0. The van der Waals surface area contributed by atoms with Crippen LogP contribution in [0.1, 0.15) is 26.3 Å². The van der Waals surface area contributed by atoms with Gasteiger partial charge in [0.1, 0.15) is 5.75 Å². The zero-order valence-corrected chi connectivity index (χ0v) is 12.9. The van der Waals surface area contributed by atoms with Crippen molar-refractivity contribution in [3.8, 4) is 16.9 Å². The van der Waals surface area contributed by atoms with Crippen LogP contribution in [0.5, 0.6) is 5.75 Å². The van der Waals surface area contributed by atoms with Gasteiger partial charge in [0.25, 0.3) is 11.4 Å². The summed E-state index contributed by atoms with van der Waals surface area (Å²) in [7, 11) is 0. The lowest BCUT2D eigenvalue weighted by molar-refractivity contribution is -0.393. The van der Waals surface area contributed by atoms with Crippen LogP contribution in [0.2, 0.25) is 0 Å². The molecular formula is C16H16N2O5. The monoisotopic (exact) mass is 316 g/mol. The predicted molar refractivity (Wildman–Crippen MR) is 85.6 cm³/mol. The topological polar surface area (TPSA) is 107 Å². The number of nitro groups is 2. The van der Waals surface area contributed by atoms with Crippen LogP contribution in [0, 0.1) is 20.2 Å². The van der Waals surface area contributed by atoms with Crippen molar-refractivity contribution in [2.45, 2.75) is 26.2 Å². The molecule has 0 saturated heterocycles. The fourth-order valence-electron chi connectivity index (χ4n) is 2.33. The molecule has 0 atom stereocenters. The Balaban J connectivity index is 2.67. The van der Waals surface area contributed by atoms with Gasteiger partial charge < -0.3 is 5.11 Å². The van der Waals surface area contributed by atoms with Crippen molar-refractivity contribution in [1.82, 2.24) is 0 Å². The van der Waals surface area contributed by atoms with Gasteiger partial charge in [-0.2, -0.15) is 0 Å². The number of nitro benzene ring substituents is 2. The zero-order chi connectivity index (χ0) is 17.4. The molecule has 0 aliphatic rings. The fraction of sp³-hybridized carbons (Fsp3) is 0.250. The van der Waals surface area contributed by atoms with E-state index in [1.165, 1.54) is 18.2 Å². The molecular weight excluding hydrogens is 300 g/mol. The number of nitrogens with zero attached hydrogens (tertiary/aromatic N) is 2. The maximum atomic E-state index is 11.3. The van der Waals surface area contributed by atoms with Crippen molar-refractivity contribution in [2.75, 3.05) is 0 Å². The summed E-state index contributed by atoms with van der Waals surface area (Å²) in [5, 5.41) is 32.0. The van der Waals surface area contributed by atoms with E-state index in [2.05, 4.69) is 0 Å². The molecule has 0 aromatic heterocycles. The van der Waals surface area contributed by atoms with E-state index in [0.717, 1.165) is 6.07 Å². The lowest BCUT2D eigenvalue weighted by Gasteiger charge is -2.21. The average Bonchev–Trinajstić information content (AvgIpc) is 2.45. The Morgan fingerprint density at radius 3 is 2.13 bits per heavy atom. The lowest BCUT2D eigenvalue weighted by Crippen LogP contribution is -2.11. The lowest BCUT2D eigenvalue weighted by atomic mass is 9.84. The molecule has 7 nitrogen and oxygen atoms in total. The molecule has 0 fully saturated rings. The molecule has 0 aliphatic carbocycles. The van der Waals surface area contributed by atoms with Gasteiger partial charge in [-0.25, -0.2) is 0 Å². The van der Waals surface area contributed by atoms with Crippen LogP contribution in [-0.2, 0) is 5.41 Å². The Morgan fingerprint density at radius 1 is 0.957 bits per heavy atom. The summed E-state index contributed by atoms with van der Waals surface area (Å²) in [5.74, 6) is 0.103. The van der Waals surface area contributed by atoms with Gasteiger partial charge in [0.05, 0.1) is 21.5 Å². The molecule has 120 valence electrons. The van der Waals surface area contributed by atoms with Crippen LogP contribution in [-0.4, -0.2) is 15.0 Å². The molecule has 0 amide bonds. The summed E-state index contributed by atoms with van der Waals surface area (Å²) in [4.78, 5) is 20.7. The number of hydrogen-bond donors (Lipinski definition) is 1. The number of hydrogen-bond acceptors (Lipinski definition) is 5. The number of rotatable bonds is 3. The third-order valence-electron chi connectivity index (χ3n) is 3.50. The Hall–Kier alpha value is -2.96. The Morgan fingerprint density at radius 2 is 1.61 bits per heavy atom. The van der Waals surface area contributed by atoms with E-state index < -0.39 is 9.85 Å². The van der Waals surface area contributed by atoms with Crippen LogP contribution in [0.25, 0.3) is 11.1 Å². The van der Waals surface area contributed by atoms with Crippen LogP contribution < -0.4 is 0 Å². The SMILES string of the molecule is CC(C)(C)c1cc(-c2ccc([N+](=O)[O-])cc2[N+](=O)[O-])ccc1O. The van der Waals surface area contributed by atoms with E-state index >= 15 is 0 Å². The maximum absolute atomic E-state index is 11.3. The van der Waals surface area contributed by atoms with Gasteiger partial charge >= 0.3 is 0 Å². The summed E-state index contributed by atoms with van der Waals surface area (Å²) in [6.07, 6.45) is 0. The molecule has 0 aliphatic heterocycles. The van der Waals surface area contributed by atoms with Crippen molar-refractivity contribution in [3.05, 3.63) is 62.2 Å². The van der Waals surface area contributed by atoms with E-state index in [1.807, 2.05) is 20.8 Å². The van der Waals surface area contributed by atoms with Crippen molar-refractivity contribution >= 4 is 11.4 Å². The van der Waals surface area contributed by atoms with E-state index in [1.54, 1.807) is 12.1 Å². The van der Waals surface area contributed by atoms with E-state index in [-0.39, 0.29) is 28.1 Å². The first-order valence-electron chi connectivity index (χ1n) is 6.88. The van der Waals surface area contributed by atoms with Gasteiger partial charge in [-0.05, 0) is 34.7 Å². The van der Waals surface area contributed by atoms with Gasteiger partial charge in [-0.1, -0.05) is 26.8 Å². The van der Waals surface area contributed by atoms with Crippen LogP contribution in [0.4, 0.5) is 11.4 Å². The molecule has 2 aromatic carbocycles. The zero-order valence-electron chi connectivity index (χ0n) is 12.9. The highest BCUT2D eigenvalue weighted by Gasteiger charge is 2.23. The molecule has 0 unspecified atom stereocenters. The summed E-state index contributed by atoms with van der Waals surface area (Å²) in [6, 6.07) is 8.23. The largest absolute Gasteiger partial charge is 0.508 e. The second kappa shape index (κ2) is 5.68. The number of non-ortho nitro benzene ring substituents is 1. The van der Waals surface area contributed by atoms with Crippen molar-refractivity contribution in [2.24, 2.45) is 0 Å². The van der Waals surface area contributed by atoms with Crippen molar-refractivity contribution < 1.29 is 15.0 Å². The molecule has 2 rings (SSSR count). The number of benzene rings is 2. The smallest absolute Gasteiger partial charge is 0.284 e. The second-order valence-corrected chi connectivity index (χ2v) is 6.20. The summed E-state index contributed by atoms with van der Waals surface area (Å²) >= 11 is 0. The first-order valence-corrected chi connectivity index (χ1v) is 6.88. The second-order valence-electron chi connectivity index (χ2n) is 6.20. The third-order valence-corrected chi connectivity index (χ3v) is 3.50. The predicted octanol–water partition coefficient (Wildman–Crippen LogP) is 4.17. The van der Waals surface area contributed by atoms with Crippen LogP contribution in [0.3, 0.4) is 0 Å². The van der Waals surface area contributed by atoms with E-state index in [9.17, 15) is 25.3 Å². The van der Waals surface area contributed by atoms with Gasteiger partial charge in [-0.15, -0.1) is 0 Å². The molecule has 0 bridgehead atoms. The Bertz CT molecular complexity index is 794. The van der Waals surface area contributed by atoms with E-state index in [0.29, 0.717) is 11.1 Å². The maximum Gasteiger partial charge on any atom is 0.284 e.